The van der Waals surface area contributed by atoms with Crippen LogP contribution in [0.25, 0.3) is 0 Å². The fraction of sp³-hybridized carbons (Fsp3) is 0.429. The number of benzene rings is 2. The summed E-state index contributed by atoms with van der Waals surface area (Å²) >= 11 is 0. The number of rotatable bonds is 7. The quantitative estimate of drug-likeness (QED) is 0.827. The average Bonchev–Trinajstić information content (AvgIpc) is 3.31. The van der Waals surface area contributed by atoms with Gasteiger partial charge >= 0.3 is 0 Å². The van der Waals surface area contributed by atoms with E-state index in [-0.39, 0.29) is 6.79 Å². The lowest BCUT2D eigenvalue weighted by molar-refractivity contribution is 0.00769. The van der Waals surface area contributed by atoms with Gasteiger partial charge in [0.05, 0.1) is 19.3 Å². The van der Waals surface area contributed by atoms with Crippen LogP contribution in [0.2, 0.25) is 0 Å². The molecule has 5 heteroatoms. The van der Waals surface area contributed by atoms with Gasteiger partial charge in [-0.2, -0.15) is 0 Å². The minimum Gasteiger partial charge on any atom is -0.454 e. The Bertz CT molecular complexity index is 721. The molecule has 1 saturated heterocycles. The van der Waals surface area contributed by atoms with Crippen molar-refractivity contribution in [2.24, 2.45) is 0 Å². The summed E-state index contributed by atoms with van der Waals surface area (Å²) in [6.45, 7) is 2.72. The number of hydrogen-bond donors (Lipinski definition) is 1. The lowest BCUT2D eigenvalue weighted by Gasteiger charge is -2.27. The van der Waals surface area contributed by atoms with Crippen LogP contribution < -0.4 is 9.47 Å². The molecule has 0 amide bonds. The number of β-amino-alcohol motifs (C(OH)–C–C–N with tert-alkyl or cyclic N) is 1. The molecule has 2 aliphatic heterocycles. The monoisotopic (exact) mass is 355 g/mol. The fourth-order valence-corrected chi connectivity index (χ4v) is 3.76. The Balaban J connectivity index is 1.25. The minimum absolute atomic E-state index is 0.275. The molecule has 0 aliphatic carbocycles. The van der Waals surface area contributed by atoms with Gasteiger partial charge in [0.25, 0.3) is 0 Å². The molecule has 0 radical (unpaired) electrons. The molecule has 0 spiro atoms. The van der Waals surface area contributed by atoms with Crippen molar-refractivity contribution in [3.8, 4) is 11.5 Å². The van der Waals surface area contributed by atoms with Crippen LogP contribution in [-0.4, -0.2) is 42.6 Å². The Kier molecular flexibility index (Phi) is 5.39. The van der Waals surface area contributed by atoms with Gasteiger partial charge in [-0.3, -0.25) is 4.90 Å². The lowest BCUT2D eigenvalue weighted by atomic mass is 10.0. The van der Waals surface area contributed by atoms with E-state index in [0.29, 0.717) is 25.8 Å². The first kappa shape index (κ1) is 17.3. The van der Waals surface area contributed by atoms with Crippen LogP contribution in [-0.2, 0) is 11.3 Å². The average molecular weight is 355 g/mol. The molecule has 26 heavy (non-hydrogen) atoms. The molecule has 5 nitrogen and oxygen atoms in total. The van der Waals surface area contributed by atoms with Gasteiger partial charge in [-0.15, -0.1) is 0 Å². The van der Waals surface area contributed by atoms with Crippen LogP contribution in [0, 0.1) is 0 Å². The van der Waals surface area contributed by atoms with Gasteiger partial charge in [-0.05, 0) is 42.6 Å². The number of nitrogens with zero attached hydrogens (tertiary/aromatic N) is 1. The predicted octanol–water partition coefficient (Wildman–Crippen LogP) is 3.13. The van der Waals surface area contributed by atoms with E-state index in [9.17, 15) is 5.11 Å². The summed E-state index contributed by atoms with van der Waals surface area (Å²) < 4.78 is 16.4. The summed E-state index contributed by atoms with van der Waals surface area (Å²) in [6.07, 6.45) is 1.83. The molecule has 4 rings (SSSR count). The van der Waals surface area contributed by atoms with E-state index in [1.807, 2.05) is 24.3 Å². The summed E-state index contributed by atoms with van der Waals surface area (Å²) in [5.41, 5.74) is 2.35. The van der Waals surface area contributed by atoms with Gasteiger partial charge < -0.3 is 19.3 Å². The third kappa shape index (κ3) is 4.01. The molecule has 2 aromatic rings. The van der Waals surface area contributed by atoms with E-state index in [2.05, 4.69) is 29.2 Å². The molecule has 0 saturated carbocycles. The Hall–Kier alpha value is -2.08. The van der Waals surface area contributed by atoms with Crippen molar-refractivity contribution in [1.29, 1.82) is 0 Å². The highest BCUT2D eigenvalue weighted by Crippen LogP contribution is 2.33. The largest absolute Gasteiger partial charge is 0.454 e. The third-order valence-corrected chi connectivity index (χ3v) is 5.01. The van der Waals surface area contributed by atoms with E-state index in [4.69, 9.17) is 14.2 Å². The maximum Gasteiger partial charge on any atom is 0.231 e. The second-order valence-corrected chi connectivity index (χ2v) is 6.92. The molecule has 138 valence electrons. The van der Waals surface area contributed by atoms with Crippen molar-refractivity contribution in [1.82, 2.24) is 4.90 Å². The fourth-order valence-electron chi connectivity index (χ4n) is 3.76. The zero-order chi connectivity index (χ0) is 17.8. The van der Waals surface area contributed by atoms with Crippen molar-refractivity contribution < 1.29 is 19.3 Å². The lowest BCUT2D eigenvalue weighted by Crippen LogP contribution is -2.34. The molecule has 0 bridgehead atoms. The Morgan fingerprint density at radius 2 is 1.96 bits per heavy atom. The summed E-state index contributed by atoms with van der Waals surface area (Å²) in [6, 6.07) is 16.7. The summed E-state index contributed by atoms with van der Waals surface area (Å²) in [7, 11) is 0. The smallest absolute Gasteiger partial charge is 0.231 e. The number of ether oxygens (including phenoxy) is 3. The predicted molar refractivity (Wildman–Crippen MR) is 98.2 cm³/mol. The SMILES string of the molecule is OC(COCc1ccc2c(c1)OCO2)CN1CCCC1c1ccccc1. The van der Waals surface area contributed by atoms with Crippen LogP contribution in [0.1, 0.15) is 30.0 Å². The van der Waals surface area contributed by atoms with Gasteiger partial charge in [-0.1, -0.05) is 36.4 Å². The van der Waals surface area contributed by atoms with E-state index < -0.39 is 6.10 Å². The van der Waals surface area contributed by atoms with Gasteiger partial charge in [0.15, 0.2) is 11.5 Å². The van der Waals surface area contributed by atoms with E-state index >= 15 is 0 Å². The van der Waals surface area contributed by atoms with Crippen molar-refractivity contribution in [3.63, 3.8) is 0 Å². The number of fused-ring (bicyclic) bond motifs is 1. The Labute approximate surface area is 154 Å². The number of aliphatic hydroxyl groups is 1. The summed E-state index contributed by atoms with van der Waals surface area (Å²) in [5.74, 6) is 1.53. The first-order valence-corrected chi connectivity index (χ1v) is 9.23. The zero-order valence-corrected chi connectivity index (χ0v) is 14.8. The normalized spacial score (nSPS) is 20.4. The third-order valence-electron chi connectivity index (χ3n) is 5.01. The molecular weight excluding hydrogens is 330 g/mol. The Morgan fingerprint density at radius 3 is 2.85 bits per heavy atom. The zero-order valence-electron chi connectivity index (χ0n) is 14.8. The summed E-state index contributed by atoms with van der Waals surface area (Å²) in [4.78, 5) is 2.37. The summed E-state index contributed by atoms with van der Waals surface area (Å²) in [5, 5.41) is 10.4. The maximum absolute atomic E-state index is 10.4. The van der Waals surface area contributed by atoms with Crippen molar-refractivity contribution in [2.75, 3.05) is 26.5 Å². The highest BCUT2D eigenvalue weighted by atomic mass is 16.7. The molecule has 2 atom stereocenters. The van der Waals surface area contributed by atoms with Crippen molar-refractivity contribution in [3.05, 3.63) is 59.7 Å². The second-order valence-electron chi connectivity index (χ2n) is 6.92. The van der Waals surface area contributed by atoms with Crippen LogP contribution in [0.5, 0.6) is 11.5 Å². The molecule has 2 aromatic carbocycles. The van der Waals surface area contributed by atoms with E-state index in [1.54, 1.807) is 0 Å². The van der Waals surface area contributed by atoms with E-state index in [1.165, 1.54) is 12.0 Å². The van der Waals surface area contributed by atoms with Crippen LogP contribution in [0.15, 0.2) is 48.5 Å². The van der Waals surface area contributed by atoms with Crippen molar-refractivity contribution in [2.45, 2.75) is 31.6 Å². The molecule has 2 unspecified atom stereocenters. The number of aliphatic hydroxyl groups excluding tert-OH is 1. The number of likely N-dealkylation sites (tertiary alicyclic amines) is 1. The van der Waals surface area contributed by atoms with Gasteiger partial charge in [0.2, 0.25) is 6.79 Å². The van der Waals surface area contributed by atoms with Crippen LogP contribution in [0.3, 0.4) is 0 Å². The van der Waals surface area contributed by atoms with Gasteiger partial charge in [0, 0.05) is 12.6 Å². The Morgan fingerprint density at radius 1 is 1.12 bits per heavy atom. The molecular formula is C21H25NO4. The van der Waals surface area contributed by atoms with Gasteiger partial charge in [0.1, 0.15) is 0 Å². The molecule has 2 heterocycles. The minimum atomic E-state index is -0.492. The van der Waals surface area contributed by atoms with Crippen molar-refractivity contribution >= 4 is 0 Å². The second kappa shape index (κ2) is 8.08. The first-order valence-electron chi connectivity index (χ1n) is 9.23. The molecule has 1 N–H and O–H groups in total. The molecule has 0 aromatic heterocycles. The first-order chi connectivity index (χ1) is 12.8. The number of hydrogen-bond acceptors (Lipinski definition) is 5. The highest BCUT2D eigenvalue weighted by molar-refractivity contribution is 5.44. The molecule has 2 aliphatic rings. The van der Waals surface area contributed by atoms with E-state index in [0.717, 1.165) is 30.0 Å². The van der Waals surface area contributed by atoms with Gasteiger partial charge in [-0.25, -0.2) is 0 Å². The van der Waals surface area contributed by atoms with Crippen LogP contribution in [0.4, 0.5) is 0 Å². The van der Waals surface area contributed by atoms with Crippen LogP contribution >= 0.6 is 0 Å². The molecule has 1 fully saturated rings. The standard InChI is InChI=1S/C21H25NO4/c23-18(12-22-10-4-7-19(22)17-5-2-1-3-6-17)14-24-13-16-8-9-20-21(11-16)26-15-25-20/h1-3,5-6,8-9,11,18-19,23H,4,7,10,12-15H2. The topological polar surface area (TPSA) is 51.2 Å². The highest BCUT2D eigenvalue weighted by Gasteiger charge is 2.27. The maximum atomic E-state index is 10.4.